The summed E-state index contributed by atoms with van der Waals surface area (Å²) in [4.78, 5) is 19.7. The molecule has 1 amide bonds. The monoisotopic (exact) mass is 406 g/mol. The second-order valence-electron chi connectivity index (χ2n) is 4.63. The lowest BCUT2D eigenvalue weighted by atomic mass is 10.2. The molecule has 128 valence electrons. The van der Waals surface area contributed by atoms with Gasteiger partial charge in [0.05, 0.1) is 9.92 Å². The number of carbonyl (C=O) groups excluding carboxylic acids is 1. The molecule has 1 heterocycles. The summed E-state index contributed by atoms with van der Waals surface area (Å²) in [5, 5.41) is 3.15. The maximum absolute atomic E-state index is 11.6. The average molecular weight is 407 g/mol. The van der Waals surface area contributed by atoms with E-state index in [-0.39, 0.29) is 26.5 Å². The summed E-state index contributed by atoms with van der Waals surface area (Å²) in [5.41, 5.74) is 5.66. The number of rotatable bonds is 5. The van der Waals surface area contributed by atoms with Gasteiger partial charge in [-0.15, -0.1) is 0 Å². The van der Waals surface area contributed by atoms with Crippen LogP contribution in [0, 0.1) is 0 Å². The summed E-state index contributed by atoms with van der Waals surface area (Å²) in [5.74, 6) is -0.691. The van der Waals surface area contributed by atoms with Crippen LogP contribution >= 0.6 is 35.0 Å². The molecule has 0 atom stereocenters. The number of nitrogens with two attached hydrogens (primary N) is 1. The first-order valence-electron chi connectivity index (χ1n) is 6.31. The number of halogens is 2. The van der Waals surface area contributed by atoms with Gasteiger partial charge in [-0.2, -0.15) is 0 Å². The van der Waals surface area contributed by atoms with Gasteiger partial charge in [-0.05, 0) is 24.5 Å². The number of aromatic nitrogens is 2. The van der Waals surface area contributed by atoms with Crippen LogP contribution in [0.25, 0.3) is 0 Å². The van der Waals surface area contributed by atoms with Gasteiger partial charge in [-0.3, -0.25) is 4.79 Å². The SMILES string of the molecule is CSc1nc(Cl)c(C(N)=O)c(Nc2ccc(S(C)(=O)=O)c(Cl)c2)n1. The molecule has 0 unspecified atom stereocenters. The van der Waals surface area contributed by atoms with Crippen molar-refractivity contribution in [3.05, 3.63) is 33.9 Å². The molecule has 0 saturated carbocycles. The number of thioether (sulfide) groups is 1. The molecule has 11 heteroatoms. The van der Waals surface area contributed by atoms with Gasteiger partial charge in [0.25, 0.3) is 5.91 Å². The van der Waals surface area contributed by atoms with Crippen molar-refractivity contribution in [2.24, 2.45) is 5.73 Å². The Morgan fingerprint density at radius 1 is 1.29 bits per heavy atom. The highest BCUT2D eigenvalue weighted by Crippen LogP contribution is 2.30. The van der Waals surface area contributed by atoms with Crippen LogP contribution in [0.3, 0.4) is 0 Å². The highest BCUT2D eigenvalue weighted by molar-refractivity contribution is 7.98. The van der Waals surface area contributed by atoms with Gasteiger partial charge in [-0.1, -0.05) is 35.0 Å². The lowest BCUT2D eigenvalue weighted by Gasteiger charge is -2.12. The van der Waals surface area contributed by atoms with Crippen molar-refractivity contribution in [2.75, 3.05) is 17.8 Å². The molecule has 24 heavy (non-hydrogen) atoms. The van der Waals surface area contributed by atoms with E-state index in [1.165, 1.54) is 30.0 Å². The summed E-state index contributed by atoms with van der Waals surface area (Å²) >= 11 is 13.2. The minimum atomic E-state index is -3.45. The van der Waals surface area contributed by atoms with Crippen molar-refractivity contribution in [3.63, 3.8) is 0 Å². The fourth-order valence-electron chi connectivity index (χ4n) is 1.83. The zero-order valence-electron chi connectivity index (χ0n) is 12.5. The van der Waals surface area contributed by atoms with Gasteiger partial charge in [0.1, 0.15) is 16.5 Å². The molecule has 2 rings (SSSR count). The molecular weight excluding hydrogens is 395 g/mol. The van der Waals surface area contributed by atoms with Gasteiger partial charge in [0.15, 0.2) is 15.0 Å². The highest BCUT2D eigenvalue weighted by atomic mass is 35.5. The van der Waals surface area contributed by atoms with E-state index in [1.807, 2.05) is 0 Å². The summed E-state index contributed by atoms with van der Waals surface area (Å²) in [7, 11) is -3.45. The van der Waals surface area contributed by atoms with Gasteiger partial charge >= 0.3 is 0 Å². The molecule has 7 nitrogen and oxygen atoms in total. The van der Waals surface area contributed by atoms with Crippen LogP contribution in [0.15, 0.2) is 28.3 Å². The van der Waals surface area contributed by atoms with E-state index >= 15 is 0 Å². The van der Waals surface area contributed by atoms with E-state index in [4.69, 9.17) is 28.9 Å². The average Bonchev–Trinajstić information content (AvgIpc) is 2.44. The summed E-state index contributed by atoms with van der Waals surface area (Å²) in [6.45, 7) is 0. The molecule has 1 aromatic heterocycles. The van der Waals surface area contributed by atoms with E-state index in [1.54, 1.807) is 6.26 Å². The van der Waals surface area contributed by atoms with Crippen molar-refractivity contribution in [1.82, 2.24) is 9.97 Å². The fourth-order valence-corrected chi connectivity index (χ4v) is 3.84. The third-order valence-electron chi connectivity index (χ3n) is 2.87. The standard InChI is InChI=1S/C13H12Cl2N4O3S2/c1-23-13-18-10(15)9(11(16)20)12(19-13)17-6-3-4-8(7(14)5-6)24(2,21)22/h3-5H,1-2H3,(H2,16,20)(H,17,18,19). The summed E-state index contributed by atoms with van der Waals surface area (Å²) < 4.78 is 23.2. The van der Waals surface area contributed by atoms with Gasteiger partial charge in [-0.25, -0.2) is 18.4 Å². The second kappa shape index (κ2) is 7.14. The van der Waals surface area contributed by atoms with E-state index < -0.39 is 15.7 Å². The third kappa shape index (κ3) is 4.10. The molecule has 0 saturated heterocycles. The number of carbonyl (C=O) groups is 1. The number of hydrogen-bond donors (Lipinski definition) is 2. The number of nitrogens with zero attached hydrogens (tertiary/aromatic N) is 2. The molecule has 0 aliphatic carbocycles. The van der Waals surface area contributed by atoms with Crippen LogP contribution in [0.5, 0.6) is 0 Å². The largest absolute Gasteiger partial charge is 0.365 e. The Bertz CT molecular complexity index is 920. The van der Waals surface area contributed by atoms with Crippen LogP contribution in [-0.2, 0) is 9.84 Å². The van der Waals surface area contributed by atoms with Crippen LogP contribution in [-0.4, -0.2) is 36.8 Å². The molecule has 0 spiro atoms. The predicted octanol–water partition coefficient (Wildman–Crippen LogP) is 2.75. The van der Waals surface area contributed by atoms with Crippen LogP contribution in [0.4, 0.5) is 11.5 Å². The maximum atomic E-state index is 11.6. The van der Waals surface area contributed by atoms with Crippen molar-refractivity contribution < 1.29 is 13.2 Å². The fraction of sp³-hybridized carbons (Fsp3) is 0.154. The number of anilines is 2. The predicted molar refractivity (Wildman–Crippen MR) is 95.2 cm³/mol. The minimum Gasteiger partial charge on any atom is -0.365 e. The molecule has 0 bridgehead atoms. The maximum Gasteiger partial charge on any atom is 0.255 e. The molecule has 0 aliphatic heterocycles. The Morgan fingerprint density at radius 3 is 2.46 bits per heavy atom. The lowest BCUT2D eigenvalue weighted by Crippen LogP contribution is -2.16. The van der Waals surface area contributed by atoms with Gasteiger partial charge in [0, 0.05) is 11.9 Å². The van der Waals surface area contributed by atoms with E-state index in [0.717, 1.165) is 6.26 Å². The Labute approximate surface area is 152 Å². The molecule has 0 fully saturated rings. The zero-order valence-corrected chi connectivity index (χ0v) is 15.6. The molecule has 3 N–H and O–H groups in total. The van der Waals surface area contributed by atoms with Crippen LogP contribution in [0.1, 0.15) is 10.4 Å². The number of benzene rings is 1. The minimum absolute atomic E-state index is 0.00429. The number of sulfone groups is 1. The number of hydrogen-bond acceptors (Lipinski definition) is 7. The quantitative estimate of drug-likeness (QED) is 0.445. The summed E-state index contributed by atoms with van der Waals surface area (Å²) in [6, 6.07) is 4.24. The van der Waals surface area contributed by atoms with Gasteiger partial charge < -0.3 is 11.1 Å². The van der Waals surface area contributed by atoms with Gasteiger partial charge in [0.2, 0.25) is 0 Å². The molecular formula is C13H12Cl2N4O3S2. The Balaban J connectivity index is 2.50. The molecule has 1 aromatic carbocycles. The van der Waals surface area contributed by atoms with Crippen molar-refractivity contribution in [2.45, 2.75) is 10.1 Å². The number of nitrogens with one attached hydrogen (secondary N) is 1. The van der Waals surface area contributed by atoms with Crippen LogP contribution in [0.2, 0.25) is 10.2 Å². The normalized spacial score (nSPS) is 11.3. The first-order valence-corrected chi connectivity index (χ1v) is 10.2. The first-order chi connectivity index (χ1) is 11.1. The second-order valence-corrected chi connectivity index (χ2v) is 8.15. The van der Waals surface area contributed by atoms with Crippen molar-refractivity contribution >= 4 is 62.2 Å². The van der Waals surface area contributed by atoms with E-state index in [2.05, 4.69) is 15.3 Å². The van der Waals surface area contributed by atoms with Crippen LogP contribution < -0.4 is 11.1 Å². The molecule has 0 aliphatic rings. The number of primary amides is 1. The van der Waals surface area contributed by atoms with E-state index in [9.17, 15) is 13.2 Å². The highest BCUT2D eigenvalue weighted by Gasteiger charge is 2.19. The molecule has 2 aromatic rings. The topological polar surface area (TPSA) is 115 Å². The first kappa shape index (κ1) is 18.8. The van der Waals surface area contributed by atoms with Crippen molar-refractivity contribution in [3.8, 4) is 0 Å². The zero-order chi connectivity index (χ0) is 18.1. The third-order valence-corrected chi connectivity index (χ3v) is 5.27. The van der Waals surface area contributed by atoms with Crippen molar-refractivity contribution in [1.29, 1.82) is 0 Å². The Kier molecular flexibility index (Phi) is 5.59. The Hall–Kier alpha value is -1.55. The Morgan fingerprint density at radius 2 is 1.96 bits per heavy atom. The number of amides is 1. The summed E-state index contributed by atoms with van der Waals surface area (Å²) in [6.07, 6.45) is 2.80. The molecule has 0 radical (unpaired) electrons. The smallest absolute Gasteiger partial charge is 0.255 e. The lowest BCUT2D eigenvalue weighted by molar-refractivity contribution is 0.100. The van der Waals surface area contributed by atoms with E-state index in [0.29, 0.717) is 10.8 Å².